The first-order valence-corrected chi connectivity index (χ1v) is 12.9. The van der Waals surface area contributed by atoms with Crippen molar-refractivity contribution < 1.29 is 23.1 Å². The average molecular weight is 494 g/mol. The SMILES string of the molecule is COC(=O)c1ccc(CN(c2cccc(Cl)c2)S(=O)(=O)C2CCN(C3CC(O)C3)CC2)nc1. The number of anilines is 1. The molecule has 2 aromatic rings. The maximum atomic E-state index is 13.8. The number of hydrogen-bond donors (Lipinski definition) is 1. The lowest BCUT2D eigenvalue weighted by Gasteiger charge is -2.44. The van der Waals surface area contributed by atoms with Crippen molar-refractivity contribution in [3.63, 3.8) is 0 Å². The normalized spacial score (nSPS) is 21.9. The van der Waals surface area contributed by atoms with E-state index < -0.39 is 21.2 Å². The summed E-state index contributed by atoms with van der Waals surface area (Å²) in [7, 11) is -2.41. The minimum atomic E-state index is -3.70. The Morgan fingerprint density at radius 2 is 1.97 bits per heavy atom. The summed E-state index contributed by atoms with van der Waals surface area (Å²) in [4.78, 5) is 18.3. The summed E-state index contributed by atoms with van der Waals surface area (Å²) in [6.07, 6.45) is 3.74. The molecule has 1 aromatic heterocycles. The van der Waals surface area contributed by atoms with Crippen LogP contribution in [0.1, 0.15) is 41.7 Å². The number of likely N-dealkylation sites (tertiary alicyclic amines) is 1. The molecule has 0 bridgehead atoms. The van der Waals surface area contributed by atoms with Crippen LogP contribution in [-0.4, -0.2) is 67.0 Å². The maximum Gasteiger partial charge on any atom is 0.339 e. The number of rotatable bonds is 7. The molecular formula is C23H28ClN3O5S. The first-order chi connectivity index (χ1) is 15.8. The molecular weight excluding hydrogens is 466 g/mol. The summed E-state index contributed by atoms with van der Waals surface area (Å²) < 4.78 is 33.6. The number of carbonyl (C=O) groups is 1. The predicted molar refractivity (Wildman–Crippen MR) is 126 cm³/mol. The molecule has 1 aliphatic carbocycles. The summed E-state index contributed by atoms with van der Waals surface area (Å²) in [6.45, 7) is 1.41. The van der Waals surface area contributed by atoms with E-state index in [1.54, 1.807) is 36.4 Å². The van der Waals surface area contributed by atoms with E-state index >= 15 is 0 Å². The second-order valence-electron chi connectivity index (χ2n) is 8.58. The molecule has 0 radical (unpaired) electrons. The molecule has 2 heterocycles. The topological polar surface area (TPSA) is 100 Å². The number of esters is 1. The summed E-state index contributed by atoms with van der Waals surface area (Å²) in [5.74, 6) is -0.501. The molecule has 1 aliphatic heterocycles. The van der Waals surface area contributed by atoms with Gasteiger partial charge in [0.05, 0.1) is 42.0 Å². The van der Waals surface area contributed by atoms with Crippen LogP contribution in [0.5, 0.6) is 0 Å². The van der Waals surface area contributed by atoms with Crippen molar-refractivity contribution >= 4 is 33.3 Å². The number of aliphatic hydroxyl groups is 1. The van der Waals surface area contributed by atoms with Crippen LogP contribution in [0.25, 0.3) is 0 Å². The fourth-order valence-electron chi connectivity index (χ4n) is 4.44. The largest absolute Gasteiger partial charge is 0.465 e. The first-order valence-electron chi connectivity index (χ1n) is 11.0. The van der Waals surface area contributed by atoms with Crippen molar-refractivity contribution in [1.29, 1.82) is 0 Å². The van der Waals surface area contributed by atoms with Crippen LogP contribution in [0, 0.1) is 0 Å². The van der Waals surface area contributed by atoms with E-state index in [2.05, 4.69) is 9.88 Å². The van der Waals surface area contributed by atoms with E-state index in [9.17, 15) is 18.3 Å². The lowest BCUT2D eigenvalue weighted by Crippen LogP contribution is -2.52. The zero-order valence-electron chi connectivity index (χ0n) is 18.4. The lowest BCUT2D eigenvalue weighted by molar-refractivity contribution is -0.00510. The van der Waals surface area contributed by atoms with E-state index in [0.29, 0.717) is 53.9 Å². The van der Waals surface area contributed by atoms with Crippen LogP contribution >= 0.6 is 11.6 Å². The van der Waals surface area contributed by atoms with Gasteiger partial charge in [0.1, 0.15) is 0 Å². The molecule has 33 heavy (non-hydrogen) atoms. The summed E-state index contributed by atoms with van der Waals surface area (Å²) in [5.41, 5.74) is 1.28. The van der Waals surface area contributed by atoms with E-state index in [0.717, 1.165) is 12.8 Å². The summed E-state index contributed by atoms with van der Waals surface area (Å²) >= 11 is 6.17. The van der Waals surface area contributed by atoms with Crippen LogP contribution in [0.4, 0.5) is 5.69 Å². The molecule has 1 saturated heterocycles. The Morgan fingerprint density at radius 1 is 1.24 bits per heavy atom. The van der Waals surface area contributed by atoms with E-state index in [1.807, 2.05) is 0 Å². The van der Waals surface area contributed by atoms with Crippen LogP contribution in [0.2, 0.25) is 5.02 Å². The van der Waals surface area contributed by atoms with Gasteiger partial charge in [-0.15, -0.1) is 0 Å². The molecule has 178 valence electrons. The Balaban J connectivity index is 1.55. The highest BCUT2D eigenvalue weighted by Gasteiger charge is 2.39. The number of methoxy groups -OCH3 is 1. The zero-order chi connectivity index (χ0) is 23.6. The molecule has 0 amide bonds. The molecule has 10 heteroatoms. The van der Waals surface area contributed by atoms with Crippen molar-refractivity contribution in [2.24, 2.45) is 0 Å². The van der Waals surface area contributed by atoms with E-state index in [4.69, 9.17) is 16.3 Å². The molecule has 1 saturated carbocycles. The Kier molecular flexibility index (Phi) is 7.23. The van der Waals surface area contributed by atoms with Gasteiger partial charge >= 0.3 is 5.97 Å². The van der Waals surface area contributed by atoms with Crippen LogP contribution in [0.3, 0.4) is 0 Å². The van der Waals surface area contributed by atoms with Gasteiger partial charge in [0.15, 0.2) is 0 Å². The number of ether oxygens (including phenoxy) is 1. The third kappa shape index (κ3) is 5.32. The van der Waals surface area contributed by atoms with E-state index in [1.165, 1.54) is 17.6 Å². The molecule has 0 spiro atoms. The van der Waals surface area contributed by atoms with Crippen LogP contribution in [-0.2, 0) is 21.3 Å². The van der Waals surface area contributed by atoms with Gasteiger partial charge in [-0.2, -0.15) is 0 Å². The Labute approximate surface area is 199 Å². The van der Waals surface area contributed by atoms with E-state index in [-0.39, 0.29) is 12.6 Å². The second kappa shape index (κ2) is 9.97. The molecule has 2 fully saturated rings. The van der Waals surface area contributed by atoms with Gasteiger partial charge < -0.3 is 14.7 Å². The minimum Gasteiger partial charge on any atom is -0.465 e. The number of pyridine rings is 1. The van der Waals surface area contributed by atoms with Crippen LogP contribution in [0.15, 0.2) is 42.6 Å². The number of benzene rings is 1. The number of carbonyl (C=O) groups excluding carboxylic acids is 1. The van der Waals surface area contributed by atoms with Gasteiger partial charge in [0.25, 0.3) is 0 Å². The predicted octanol–water partition coefficient (Wildman–Crippen LogP) is 2.85. The average Bonchev–Trinajstić information content (AvgIpc) is 2.80. The number of sulfonamides is 1. The minimum absolute atomic E-state index is 0.0269. The Morgan fingerprint density at radius 3 is 2.55 bits per heavy atom. The van der Waals surface area contributed by atoms with Crippen molar-refractivity contribution in [2.45, 2.75) is 49.6 Å². The van der Waals surface area contributed by atoms with Gasteiger partial charge in [0.2, 0.25) is 10.0 Å². The smallest absolute Gasteiger partial charge is 0.339 e. The first kappa shape index (κ1) is 23.9. The molecule has 0 atom stereocenters. The number of piperidine rings is 1. The maximum absolute atomic E-state index is 13.8. The highest BCUT2D eigenvalue weighted by atomic mass is 35.5. The fraction of sp³-hybridized carbons (Fsp3) is 0.478. The number of nitrogens with zero attached hydrogens (tertiary/aromatic N) is 3. The number of aromatic nitrogens is 1. The number of halogens is 1. The molecule has 4 rings (SSSR count). The van der Waals surface area contributed by atoms with Crippen molar-refractivity contribution in [3.05, 3.63) is 58.9 Å². The monoisotopic (exact) mass is 493 g/mol. The van der Waals surface area contributed by atoms with Gasteiger partial charge in [-0.1, -0.05) is 17.7 Å². The van der Waals surface area contributed by atoms with Crippen molar-refractivity contribution in [2.75, 3.05) is 24.5 Å². The second-order valence-corrected chi connectivity index (χ2v) is 11.1. The van der Waals surface area contributed by atoms with Crippen LogP contribution < -0.4 is 4.31 Å². The number of hydrogen-bond acceptors (Lipinski definition) is 7. The summed E-state index contributed by atoms with van der Waals surface area (Å²) in [5, 5.41) is 9.50. The molecule has 2 aliphatic rings. The Hall–Kier alpha value is -2.20. The summed E-state index contributed by atoms with van der Waals surface area (Å²) in [6, 6.07) is 10.3. The van der Waals surface area contributed by atoms with Gasteiger partial charge in [-0.05, 0) is 69.1 Å². The standard InChI is InChI=1S/C23H28ClN3O5S/c1-32-23(29)16-5-6-18(25-14-16)15-27(19-4-2-3-17(24)11-19)33(30,31)22-7-9-26(10-8-22)20-12-21(28)13-20/h2-6,11,14,20-22,28H,7-10,12-13,15H2,1H3. The quantitative estimate of drug-likeness (QED) is 0.592. The zero-order valence-corrected chi connectivity index (χ0v) is 20.0. The van der Waals surface area contributed by atoms with Gasteiger partial charge in [0, 0.05) is 17.3 Å². The van der Waals surface area contributed by atoms with Crippen molar-refractivity contribution in [3.8, 4) is 0 Å². The molecule has 8 nitrogen and oxygen atoms in total. The van der Waals surface area contributed by atoms with Gasteiger partial charge in [-0.3, -0.25) is 9.29 Å². The highest BCUT2D eigenvalue weighted by Crippen LogP contribution is 2.32. The van der Waals surface area contributed by atoms with Crippen molar-refractivity contribution in [1.82, 2.24) is 9.88 Å². The molecule has 1 N–H and O–H groups in total. The van der Waals surface area contributed by atoms with Gasteiger partial charge in [-0.25, -0.2) is 13.2 Å². The molecule has 0 unspecified atom stereocenters. The number of aliphatic hydroxyl groups excluding tert-OH is 1. The molecule has 1 aromatic carbocycles. The highest BCUT2D eigenvalue weighted by molar-refractivity contribution is 7.93. The third-order valence-corrected chi connectivity index (χ3v) is 8.96. The third-order valence-electron chi connectivity index (χ3n) is 6.46. The lowest BCUT2D eigenvalue weighted by atomic mass is 9.87. The Bertz CT molecular complexity index is 1080. The fourth-order valence-corrected chi connectivity index (χ4v) is 6.51.